The molecule has 1 aromatic carbocycles. The smallest absolute Gasteiger partial charge is 0.408 e. The van der Waals surface area contributed by atoms with Gasteiger partial charge in [-0.3, -0.25) is 4.98 Å². The van der Waals surface area contributed by atoms with Crippen LogP contribution in [0.25, 0.3) is 11.1 Å². The van der Waals surface area contributed by atoms with Crippen molar-refractivity contribution < 1.29 is 4.42 Å². The van der Waals surface area contributed by atoms with Crippen LogP contribution in [0.3, 0.4) is 0 Å². The number of nitrogens with one attached hydrogen (secondary N) is 1. The zero-order valence-corrected chi connectivity index (χ0v) is 9.04. The van der Waals surface area contributed by atoms with E-state index in [-0.39, 0.29) is 0 Å². The minimum Gasteiger partial charge on any atom is -0.408 e. The van der Waals surface area contributed by atoms with E-state index in [0.29, 0.717) is 17.0 Å². The summed E-state index contributed by atoms with van der Waals surface area (Å²) in [4.78, 5) is 15.6. The van der Waals surface area contributed by atoms with Crippen LogP contribution < -0.4 is 10.7 Å². The first-order valence-corrected chi connectivity index (χ1v) is 5.14. The van der Waals surface area contributed by atoms with Crippen molar-refractivity contribution in [3.8, 4) is 0 Å². The van der Waals surface area contributed by atoms with Gasteiger partial charge in [-0.15, -0.1) is 11.6 Å². The Morgan fingerprint density at radius 2 is 2.33 bits per heavy atom. The number of benzene rings is 1. The molecule has 1 aromatic heterocycles. The Hall–Kier alpha value is -1.42. The number of halogens is 1. The molecule has 0 atom stereocenters. The number of nitrogens with zero attached hydrogens (tertiary/aromatic N) is 1. The van der Waals surface area contributed by atoms with Crippen molar-refractivity contribution >= 4 is 28.4 Å². The molecule has 0 aliphatic rings. The van der Waals surface area contributed by atoms with Crippen LogP contribution in [0.5, 0.6) is 0 Å². The zero-order chi connectivity index (χ0) is 10.8. The molecule has 15 heavy (non-hydrogen) atoms. The van der Waals surface area contributed by atoms with Crippen molar-refractivity contribution in [2.24, 2.45) is 0 Å². The number of alkyl halides is 1. The van der Waals surface area contributed by atoms with E-state index in [9.17, 15) is 4.79 Å². The van der Waals surface area contributed by atoms with E-state index >= 15 is 0 Å². The highest BCUT2D eigenvalue weighted by molar-refractivity contribution is 6.18. The third-order valence-corrected chi connectivity index (χ3v) is 2.43. The highest BCUT2D eigenvalue weighted by atomic mass is 35.5. The van der Waals surface area contributed by atoms with Gasteiger partial charge in [0, 0.05) is 25.2 Å². The van der Waals surface area contributed by atoms with Gasteiger partial charge in [-0.2, -0.15) is 0 Å². The van der Waals surface area contributed by atoms with Gasteiger partial charge in [-0.05, 0) is 18.2 Å². The average molecular weight is 227 g/mol. The Balaban J connectivity index is 2.41. The van der Waals surface area contributed by atoms with Gasteiger partial charge in [0.1, 0.15) is 0 Å². The lowest BCUT2D eigenvalue weighted by Crippen LogP contribution is -2.19. The van der Waals surface area contributed by atoms with Crippen LogP contribution in [0.4, 0.5) is 5.69 Å². The second-order valence-electron chi connectivity index (χ2n) is 3.31. The topological polar surface area (TPSA) is 49.2 Å². The third-order valence-electron chi connectivity index (χ3n) is 2.26. The SMILES string of the molecule is CN(CCCl)c1ccc2oc(=O)[nH]c2c1. The Kier molecular flexibility index (Phi) is 2.68. The predicted molar refractivity (Wildman–Crippen MR) is 60.8 cm³/mol. The summed E-state index contributed by atoms with van der Waals surface area (Å²) in [5.74, 6) is 0.137. The molecule has 4 nitrogen and oxygen atoms in total. The summed E-state index contributed by atoms with van der Waals surface area (Å²) in [5.41, 5.74) is 2.28. The number of hydrogen-bond donors (Lipinski definition) is 1. The van der Waals surface area contributed by atoms with Gasteiger partial charge in [0.2, 0.25) is 0 Å². The van der Waals surface area contributed by atoms with Crippen LogP contribution in [0.15, 0.2) is 27.4 Å². The fraction of sp³-hybridized carbons (Fsp3) is 0.300. The summed E-state index contributed by atoms with van der Waals surface area (Å²) in [6.07, 6.45) is 0. The minimum atomic E-state index is -0.429. The number of oxazole rings is 1. The maximum atomic E-state index is 10.9. The molecule has 5 heteroatoms. The molecule has 0 amide bonds. The molecular weight excluding hydrogens is 216 g/mol. The zero-order valence-electron chi connectivity index (χ0n) is 8.29. The van der Waals surface area contributed by atoms with Gasteiger partial charge >= 0.3 is 5.76 Å². The van der Waals surface area contributed by atoms with Crippen molar-refractivity contribution in [1.82, 2.24) is 4.98 Å². The monoisotopic (exact) mass is 226 g/mol. The van der Waals surface area contributed by atoms with E-state index in [1.54, 1.807) is 6.07 Å². The number of rotatable bonds is 3. The summed E-state index contributed by atoms with van der Waals surface area (Å²) in [5, 5.41) is 0. The summed E-state index contributed by atoms with van der Waals surface area (Å²) < 4.78 is 4.91. The van der Waals surface area contributed by atoms with E-state index in [4.69, 9.17) is 16.0 Å². The Morgan fingerprint density at radius 1 is 1.53 bits per heavy atom. The van der Waals surface area contributed by atoms with E-state index in [1.165, 1.54) is 0 Å². The molecule has 1 heterocycles. The quantitative estimate of drug-likeness (QED) is 0.812. The molecule has 0 radical (unpaired) electrons. The van der Waals surface area contributed by atoms with Gasteiger partial charge < -0.3 is 9.32 Å². The Labute approximate surface area is 91.4 Å². The standard InChI is InChI=1S/C10H11ClN2O2/c1-13(5-4-11)7-2-3-9-8(6-7)12-10(14)15-9/h2-3,6H,4-5H2,1H3,(H,12,14). The first kappa shape index (κ1) is 10.1. The van der Waals surface area contributed by atoms with Crippen LogP contribution >= 0.6 is 11.6 Å². The van der Waals surface area contributed by atoms with Crippen molar-refractivity contribution in [1.29, 1.82) is 0 Å². The maximum Gasteiger partial charge on any atom is 0.417 e. The van der Waals surface area contributed by atoms with E-state index in [0.717, 1.165) is 12.2 Å². The van der Waals surface area contributed by atoms with E-state index in [2.05, 4.69) is 4.98 Å². The van der Waals surface area contributed by atoms with Crippen LogP contribution in [0.2, 0.25) is 0 Å². The predicted octanol–water partition coefficient (Wildman–Crippen LogP) is 1.80. The molecule has 0 saturated carbocycles. The van der Waals surface area contributed by atoms with E-state index in [1.807, 2.05) is 24.1 Å². The molecule has 0 saturated heterocycles. The lowest BCUT2D eigenvalue weighted by atomic mass is 10.2. The number of hydrogen-bond acceptors (Lipinski definition) is 3. The molecular formula is C10H11ClN2O2. The largest absolute Gasteiger partial charge is 0.417 e. The lowest BCUT2D eigenvalue weighted by Gasteiger charge is -2.17. The molecule has 0 fully saturated rings. The number of aromatic amines is 1. The van der Waals surface area contributed by atoms with Crippen LogP contribution in [-0.4, -0.2) is 24.5 Å². The van der Waals surface area contributed by atoms with Crippen LogP contribution in [0, 0.1) is 0 Å². The summed E-state index contributed by atoms with van der Waals surface area (Å²) in [6, 6.07) is 5.53. The molecule has 0 aliphatic heterocycles. The highest BCUT2D eigenvalue weighted by Gasteiger charge is 2.04. The highest BCUT2D eigenvalue weighted by Crippen LogP contribution is 2.18. The first-order valence-electron chi connectivity index (χ1n) is 4.60. The molecule has 2 aromatic rings. The van der Waals surface area contributed by atoms with Gasteiger partial charge in [-0.25, -0.2) is 4.79 Å². The van der Waals surface area contributed by atoms with Gasteiger partial charge in [0.25, 0.3) is 0 Å². The Bertz CT molecular complexity index is 517. The molecule has 1 N–H and O–H groups in total. The minimum absolute atomic E-state index is 0.429. The molecule has 0 spiro atoms. The second kappa shape index (κ2) is 3.98. The van der Waals surface area contributed by atoms with Crippen LogP contribution in [-0.2, 0) is 0 Å². The normalized spacial score (nSPS) is 10.8. The Morgan fingerprint density at radius 3 is 3.07 bits per heavy atom. The van der Waals surface area contributed by atoms with Gasteiger partial charge in [-0.1, -0.05) is 0 Å². The number of aromatic nitrogens is 1. The first-order chi connectivity index (χ1) is 7.20. The number of fused-ring (bicyclic) bond motifs is 1. The van der Waals surface area contributed by atoms with Crippen LogP contribution in [0.1, 0.15) is 0 Å². The third kappa shape index (κ3) is 1.99. The van der Waals surface area contributed by atoms with Gasteiger partial charge in [0.15, 0.2) is 5.58 Å². The molecule has 2 rings (SSSR count). The summed E-state index contributed by atoms with van der Waals surface area (Å²) in [6.45, 7) is 0.759. The molecule has 0 bridgehead atoms. The lowest BCUT2D eigenvalue weighted by molar-refractivity contribution is 0.555. The van der Waals surface area contributed by atoms with E-state index < -0.39 is 5.76 Å². The number of anilines is 1. The van der Waals surface area contributed by atoms with Crippen molar-refractivity contribution in [2.75, 3.05) is 24.4 Å². The molecule has 80 valence electrons. The summed E-state index contributed by atoms with van der Waals surface area (Å²) >= 11 is 5.65. The molecule has 0 unspecified atom stereocenters. The number of H-pyrrole nitrogens is 1. The second-order valence-corrected chi connectivity index (χ2v) is 3.68. The maximum absolute atomic E-state index is 10.9. The van der Waals surface area contributed by atoms with Crippen molar-refractivity contribution in [2.45, 2.75) is 0 Å². The average Bonchev–Trinajstić information content (AvgIpc) is 2.57. The van der Waals surface area contributed by atoms with Gasteiger partial charge in [0.05, 0.1) is 5.52 Å². The van der Waals surface area contributed by atoms with Crippen molar-refractivity contribution in [3.05, 3.63) is 28.7 Å². The fourth-order valence-corrected chi connectivity index (χ4v) is 1.69. The molecule has 0 aliphatic carbocycles. The summed E-state index contributed by atoms with van der Waals surface area (Å²) in [7, 11) is 1.95. The fourth-order valence-electron chi connectivity index (χ4n) is 1.43. The van der Waals surface area contributed by atoms with Crippen molar-refractivity contribution in [3.63, 3.8) is 0 Å².